The highest BCUT2D eigenvalue weighted by atomic mass is 32.1. The molecule has 0 unspecified atom stereocenters. The predicted octanol–water partition coefficient (Wildman–Crippen LogP) is 13.5. The number of thiophene rings is 1. The van der Waals surface area contributed by atoms with Gasteiger partial charge in [-0.05, 0) is 67.1 Å². The Balaban J connectivity index is 1.11. The third-order valence-corrected chi connectivity index (χ3v) is 11.0. The predicted molar refractivity (Wildman–Crippen MR) is 217 cm³/mol. The fraction of sp³-hybridized carbons (Fsp3) is 0. The Kier molecular flexibility index (Phi) is 7.04. The first-order valence-corrected chi connectivity index (χ1v) is 18.1. The molecule has 3 heteroatoms. The molecule has 0 saturated heterocycles. The van der Waals surface area contributed by atoms with E-state index >= 15 is 0 Å². The summed E-state index contributed by atoms with van der Waals surface area (Å²) in [5, 5.41) is 7.19. The molecular formula is C48H30N2S. The van der Waals surface area contributed by atoms with Crippen LogP contribution in [0.3, 0.4) is 0 Å². The summed E-state index contributed by atoms with van der Waals surface area (Å²) in [6, 6.07) is 65.0. The molecule has 0 bridgehead atoms. The lowest BCUT2D eigenvalue weighted by atomic mass is 9.96. The topological polar surface area (TPSA) is 25.8 Å². The standard InChI is InChI=1S/C48H30N2S/c1-2-11-31(12-3-1)32-23-25-33(26-24-32)36-16-8-17-37(29-36)38-18-9-19-39(30-38)47-49-45(42-22-10-15-34-13-4-6-20-40(34)42)44-43-28-27-35-14-5-7-21-41(35)46(43)51-48(44)50-47/h1-30H. The highest BCUT2D eigenvalue weighted by Crippen LogP contribution is 2.44. The molecule has 51 heavy (non-hydrogen) atoms. The van der Waals surface area contributed by atoms with Gasteiger partial charge in [0.25, 0.3) is 0 Å². The second kappa shape index (κ2) is 12.2. The maximum Gasteiger partial charge on any atom is 0.161 e. The molecule has 0 aliphatic heterocycles. The van der Waals surface area contributed by atoms with Crippen molar-refractivity contribution < 1.29 is 0 Å². The van der Waals surface area contributed by atoms with Crippen LogP contribution in [0.1, 0.15) is 0 Å². The molecule has 0 spiro atoms. The van der Waals surface area contributed by atoms with Crippen molar-refractivity contribution in [3.05, 3.63) is 182 Å². The molecule has 0 atom stereocenters. The lowest BCUT2D eigenvalue weighted by Gasteiger charge is -2.12. The van der Waals surface area contributed by atoms with Gasteiger partial charge in [-0.15, -0.1) is 11.3 Å². The lowest BCUT2D eigenvalue weighted by molar-refractivity contribution is 1.24. The van der Waals surface area contributed by atoms with Crippen molar-refractivity contribution in [2.24, 2.45) is 0 Å². The summed E-state index contributed by atoms with van der Waals surface area (Å²) in [6.45, 7) is 0. The Hall–Kier alpha value is -6.42. The summed E-state index contributed by atoms with van der Waals surface area (Å²) in [6.07, 6.45) is 0. The van der Waals surface area contributed by atoms with E-state index in [9.17, 15) is 0 Å². The summed E-state index contributed by atoms with van der Waals surface area (Å²) in [5.41, 5.74) is 10.2. The van der Waals surface area contributed by atoms with Gasteiger partial charge in [-0.1, -0.05) is 170 Å². The Morgan fingerprint density at radius 2 is 0.882 bits per heavy atom. The number of hydrogen-bond acceptors (Lipinski definition) is 3. The normalized spacial score (nSPS) is 11.5. The Labute approximate surface area is 300 Å². The first kappa shape index (κ1) is 29.5. The van der Waals surface area contributed by atoms with Crippen LogP contribution in [0, 0.1) is 0 Å². The fourth-order valence-corrected chi connectivity index (χ4v) is 8.57. The second-order valence-corrected chi connectivity index (χ2v) is 14.0. The molecule has 10 aromatic rings. The lowest BCUT2D eigenvalue weighted by Crippen LogP contribution is -1.94. The minimum absolute atomic E-state index is 0.732. The van der Waals surface area contributed by atoms with Gasteiger partial charge >= 0.3 is 0 Å². The minimum Gasteiger partial charge on any atom is -0.227 e. The molecule has 2 aromatic heterocycles. The third-order valence-electron chi connectivity index (χ3n) is 9.91. The van der Waals surface area contributed by atoms with E-state index in [4.69, 9.17) is 9.97 Å². The molecular weight excluding hydrogens is 637 g/mol. The number of nitrogens with zero attached hydrogens (tertiary/aromatic N) is 2. The van der Waals surface area contributed by atoms with Crippen LogP contribution in [0.5, 0.6) is 0 Å². The van der Waals surface area contributed by atoms with Crippen molar-refractivity contribution in [3.63, 3.8) is 0 Å². The SMILES string of the molecule is c1ccc(-c2ccc(-c3cccc(-c4cccc(-c5nc(-c6cccc7ccccc67)c6c(n5)sc5c7ccccc7ccc56)c4)c3)cc2)cc1. The molecule has 10 rings (SSSR count). The molecule has 238 valence electrons. The van der Waals surface area contributed by atoms with E-state index in [0.717, 1.165) is 44.0 Å². The maximum absolute atomic E-state index is 5.42. The fourth-order valence-electron chi connectivity index (χ4n) is 7.36. The second-order valence-electron chi connectivity index (χ2n) is 13.0. The number of benzene rings is 8. The van der Waals surface area contributed by atoms with Crippen LogP contribution in [0.4, 0.5) is 0 Å². The van der Waals surface area contributed by atoms with Crippen molar-refractivity contribution in [1.29, 1.82) is 0 Å². The van der Waals surface area contributed by atoms with Gasteiger partial charge in [-0.2, -0.15) is 0 Å². The van der Waals surface area contributed by atoms with Crippen molar-refractivity contribution in [2.75, 3.05) is 0 Å². The molecule has 0 saturated carbocycles. The van der Waals surface area contributed by atoms with Crippen LogP contribution < -0.4 is 0 Å². The summed E-state index contributed by atoms with van der Waals surface area (Å²) >= 11 is 1.76. The first-order chi connectivity index (χ1) is 25.3. The molecule has 0 fully saturated rings. The Morgan fingerprint density at radius 1 is 0.353 bits per heavy atom. The van der Waals surface area contributed by atoms with E-state index in [1.165, 1.54) is 53.9 Å². The van der Waals surface area contributed by atoms with Crippen molar-refractivity contribution in [3.8, 4) is 56.0 Å². The molecule has 2 nitrogen and oxygen atoms in total. The summed E-state index contributed by atoms with van der Waals surface area (Å²) < 4.78 is 1.25. The van der Waals surface area contributed by atoms with Gasteiger partial charge in [-0.3, -0.25) is 0 Å². The summed E-state index contributed by atoms with van der Waals surface area (Å²) in [7, 11) is 0. The van der Waals surface area contributed by atoms with Crippen LogP contribution in [0.15, 0.2) is 182 Å². The summed E-state index contributed by atoms with van der Waals surface area (Å²) in [5.74, 6) is 0.732. The highest BCUT2D eigenvalue weighted by molar-refractivity contribution is 7.26. The van der Waals surface area contributed by atoms with Crippen LogP contribution in [0.2, 0.25) is 0 Å². The third kappa shape index (κ3) is 5.18. The zero-order valence-electron chi connectivity index (χ0n) is 27.6. The van der Waals surface area contributed by atoms with E-state index in [1.54, 1.807) is 11.3 Å². The first-order valence-electron chi connectivity index (χ1n) is 17.2. The van der Waals surface area contributed by atoms with E-state index in [0.29, 0.717) is 0 Å². The van der Waals surface area contributed by atoms with Gasteiger partial charge in [0, 0.05) is 26.6 Å². The number of fused-ring (bicyclic) bond motifs is 6. The maximum atomic E-state index is 5.42. The minimum atomic E-state index is 0.732. The molecule has 0 amide bonds. The van der Waals surface area contributed by atoms with E-state index in [1.807, 2.05) is 0 Å². The quantitative estimate of drug-likeness (QED) is 0.183. The van der Waals surface area contributed by atoms with Crippen LogP contribution in [-0.4, -0.2) is 9.97 Å². The molecule has 0 radical (unpaired) electrons. The van der Waals surface area contributed by atoms with Crippen LogP contribution in [-0.2, 0) is 0 Å². The van der Waals surface area contributed by atoms with Gasteiger partial charge in [-0.25, -0.2) is 9.97 Å². The van der Waals surface area contributed by atoms with Crippen LogP contribution in [0.25, 0.3) is 97.9 Å². The average Bonchev–Trinajstić information content (AvgIpc) is 3.60. The molecule has 0 aliphatic rings. The zero-order chi connectivity index (χ0) is 33.7. The van der Waals surface area contributed by atoms with Gasteiger partial charge in [0.15, 0.2) is 5.82 Å². The van der Waals surface area contributed by atoms with E-state index < -0.39 is 0 Å². The number of rotatable bonds is 5. The van der Waals surface area contributed by atoms with Crippen molar-refractivity contribution in [2.45, 2.75) is 0 Å². The van der Waals surface area contributed by atoms with Gasteiger partial charge in [0.2, 0.25) is 0 Å². The molecule has 2 heterocycles. The van der Waals surface area contributed by atoms with E-state index in [-0.39, 0.29) is 0 Å². The highest BCUT2D eigenvalue weighted by Gasteiger charge is 2.19. The van der Waals surface area contributed by atoms with Gasteiger partial charge in [0.05, 0.1) is 5.69 Å². The molecule has 0 aliphatic carbocycles. The largest absolute Gasteiger partial charge is 0.227 e. The molecule has 0 N–H and O–H groups in total. The van der Waals surface area contributed by atoms with Gasteiger partial charge < -0.3 is 0 Å². The van der Waals surface area contributed by atoms with Crippen molar-refractivity contribution in [1.82, 2.24) is 9.97 Å². The number of aromatic nitrogens is 2. The van der Waals surface area contributed by atoms with E-state index in [2.05, 4.69) is 182 Å². The van der Waals surface area contributed by atoms with Crippen LogP contribution >= 0.6 is 11.3 Å². The zero-order valence-corrected chi connectivity index (χ0v) is 28.4. The monoisotopic (exact) mass is 666 g/mol. The van der Waals surface area contributed by atoms with Gasteiger partial charge in [0.1, 0.15) is 4.83 Å². The smallest absolute Gasteiger partial charge is 0.161 e. The Bertz CT molecular complexity index is 2900. The number of hydrogen-bond donors (Lipinski definition) is 0. The average molecular weight is 667 g/mol. The Morgan fingerprint density at radius 3 is 1.65 bits per heavy atom. The summed E-state index contributed by atoms with van der Waals surface area (Å²) in [4.78, 5) is 11.7. The molecule has 8 aromatic carbocycles. The van der Waals surface area contributed by atoms with Crippen molar-refractivity contribution >= 4 is 53.2 Å².